The lowest BCUT2D eigenvalue weighted by molar-refractivity contribution is -0.135. The van der Waals surface area contributed by atoms with Gasteiger partial charge in [0.2, 0.25) is 0 Å². The van der Waals surface area contributed by atoms with Crippen molar-refractivity contribution in [2.24, 2.45) is 4.99 Å². The molecule has 0 radical (unpaired) electrons. The van der Waals surface area contributed by atoms with Crippen LogP contribution in [0.25, 0.3) is 0 Å². The average molecular weight is 152 g/mol. The molecular weight excluding hydrogens is 144 g/mol. The highest BCUT2D eigenvalue weighted by atomic mass is 16.5. The molecule has 4 nitrogen and oxygen atoms in total. The topological polar surface area (TPSA) is 50.7 Å². The minimum atomic E-state index is -0.398. The van der Waals surface area contributed by atoms with Crippen molar-refractivity contribution in [2.75, 3.05) is 7.11 Å². The molecule has 0 atom stereocenters. The first kappa shape index (κ1) is 7.53. The van der Waals surface area contributed by atoms with Crippen LogP contribution in [-0.2, 0) is 9.53 Å². The zero-order valence-electron chi connectivity index (χ0n) is 6.07. The number of rotatable bonds is 1. The van der Waals surface area contributed by atoms with Gasteiger partial charge in [-0.15, -0.1) is 0 Å². The molecule has 58 valence electrons. The van der Waals surface area contributed by atoms with Gasteiger partial charge >= 0.3 is 5.97 Å². The monoisotopic (exact) mass is 152 g/mol. The van der Waals surface area contributed by atoms with Crippen molar-refractivity contribution in [1.82, 2.24) is 5.32 Å². The zero-order valence-corrected chi connectivity index (χ0v) is 6.07. The van der Waals surface area contributed by atoms with Crippen LogP contribution in [0.1, 0.15) is 0 Å². The molecular formula is C7H8N2O2. The van der Waals surface area contributed by atoms with Gasteiger partial charge in [0.25, 0.3) is 0 Å². The Morgan fingerprint density at radius 3 is 3.27 bits per heavy atom. The van der Waals surface area contributed by atoms with Gasteiger partial charge in [-0.1, -0.05) is 0 Å². The van der Waals surface area contributed by atoms with E-state index in [-0.39, 0.29) is 0 Å². The standard InChI is InChI=1S/C7H8N2O2/c1-11-7(10)6-4-8-2-3-9-5-6/h2-5,8H,1H3. The largest absolute Gasteiger partial charge is 0.465 e. The summed E-state index contributed by atoms with van der Waals surface area (Å²) in [6, 6.07) is 0. The van der Waals surface area contributed by atoms with E-state index in [4.69, 9.17) is 0 Å². The lowest BCUT2D eigenvalue weighted by atomic mass is 10.3. The van der Waals surface area contributed by atoms with Crippen LogP contribution in [0, 0.1) is 0 Å². The summed E-state index contributed by atoms with van der Waals surface area (Å²) in [7, 11) is 1.33. The molecule has 1 N–H and O–H groups in total. The fraction of sp³-hybridized carbons (Fsp3) is 0.143. The van der Waals surface area contributed by atoms with Gasteiger partial charge in [0.15, 0.2) is 0 Å². The number of carbonyl (C=O) groups is 1. The molecule has 0 saturated heterocycles. The first-order chi connectivity index (χ1) is 5.34. The van der Waals surface area contributed by atoms with Crippen molar-refractivity contribution < 1.29 is 9.53 Å². The first-order valence-corrected chi connectivity index (χ1v) is 3.07. The molecule has 11 heavy (non-hydrogen) atoms. The van der Waals surface area contributed by atoms with E-state index in [0.29, 0.717) is 5.57 Å². The molecule has 0 amide bonds. The number of hydrogen-bond donors (Lipinski definition) is 1. The molecule has 0 bridgehead atoms. The van der Waals surface area contributed by atoms with Gasteiger partial charge in [0.05, 0.1) is 12.7 Å². The Hall–Kier alpha value is -1.58. The number of esters is 1. The van der Waals surface area contributed by atoms with Crippen LogP contribution in [0.4, 0.5) is 0 Å². The van der Waals surface area contributed by atoms with Crippen molar-refractivity contribution in [3.63, 3.8) is 0 Å². The predicted octanol–water partition coefficient (Wildman–Crippen LogP) is 0.188. The molecule has 0 fully saturated rings. The highest BCUT2D eigenvalue weighted by Crippen LogP contribution is 1.94. The zero-order chi connectivity index (χ0) is 8.10. The predicted molar refractivity (Wildman–Crippen MR) is 40.9 cm³/mol. The molecule has 0 aromatic rings. The van der Waals surface area contributed by atoms with Gasteiger partial charge in [-0.3, -0.25) is 4.99 Å². The molecule has 0 aromatic carbocycles. The van der Waals surface area contributed by atoms with E-state index in [2.05, 4.69) is 15.0 Å². The summed E-state index contributed by atoms with van der Waals surface area (Å²) in [6.45, 7) is 0. The summed E-state index contributed by atoms with van der Waals surface area (Å²) >= 11 is 0. The second-order valence-corrected chi connectivity index (χ2v) is 1.85. The molecule has 1 aliphatic rings. The number of nitrogens with zero attached hydrogens (tertiary/aromatic N) is 1. The summed E-state index contributed by atoms with van der Waals surface area (Å²) in [6.07, 6.45) is 6.13. The maximum Gasteiger partial charge on any atom is 0.340 e. The Morgan fingerprint density at radius 1 is 1.73 bits per heavy atom. The van der Waals surface area contributed by atoms with Crippen molar-refractivity contribution >= 4 is 12.2 Å². The number of methoxy groups -OCH3 is 1. The van der Waals surface area contributed by atoms with Gasteiger partial charge in [-0.05, 0) is 0 Å². The van der Waals surface area contributed by atoms with E-state index >= 15 is 0 Å². The smallest absolute Gasteiger partial charge is 0.340 e. The van der Waals surface area contributed by atoms with E-state index in [0.717, 1.165) is 0 Å². The molecule has 4 heteroatoms. The number of carbonyl (C=O) groups excluding carboxylic acids is 1. The Balaban J connectivity index is 2.72. The Morgan fingerprint density at radius 2 is 2.55 bits per heavy atom. The second-order valence-electron chi connectivity index (χ2n) is 1.85. The van der Waals surface area contributed by atoms with E-state index in [1.54, 1.807) is 12.4 Å². The van der Waals surface area contributed by atoms with Crippen LogP contribution in [0.15, 0.2) is 29.2 Å². The number of aliphatic imine (C=N–C) groups is 1. The molecule has 0 aromatic heterocycles. The molecule has 1 rings (SSSR count). The van der Waals surface area contributed by atoms with Gasteiger partial charge in [-0.25, -0.2) is 4.79 Å². The van der Waals surface area contributed by atoms with Crippen molar-refractivity contribution in [1.29, 1.82) is 0 Å². The second kappa shape index (κ2) is 3.55. The van der Waals surface area contributed by atoms with Crippen LogP contribution >= 0.6 is 0 Å². The third kappa shape index (κ3) is 1.93. The fourth-order valence-corrected chi connectivity index (χ4v) is 0.614. The lowest BCUT2D eigenvalue weighted by Gasteiger charge is -1.96. The third-order valence-corrected chi connectivity index (χ3v) is 1.13. The van der Waals surface area contributed by atoms with Gasteiger partial charge in [0, 0.05) is 24.8 Å². The fourth-order valence-electron chi connectivity index (χ4n) is 0.614. The van der Waals surface area contributed by atoms with Crippen LogP contribution in [0.2, 0.25) is 0 Å². The van der Waals surface area contributed by atoms with Gasteiger partial charge in [-0.2, -0.15) is 0 Å². The molecule has 0 saturated carbocycles. The summed E-state index contributed by atoms with van der Waals surface area (Å²) in [5.41, 5.74) is 0.400. The average Bonchev–Trinajstić information content (AvgIpc) is 2.30. The van der Waals surface area contributed by atoms with E-state index in [1.165, 1.54) is 19.5 Å². The lowest BCUT2D eigenvalue weighted by Crippen LogP contribution is -2.08. The molecule has 1 heterocycles. The highest BCUT2D eigenvalue weighted by Gasteiger charge is 2.05. The van der Waals surface area contributed by atoms with E-state index < -0.39 is 5.97 Å². The van der Waals surface area contributed by atoms with E-state index in [9.17, 15) is 4.79 Å². The van der Waals surface area contributed by atoms with Crippen LogP contribution in [-0.4, -0.2) is 19.3 Å². The molecule has 0 unspecified atom stereocenters. The minimum absolute atomic E-state index is 0.398. The number of hydrogen-bond acceptors (Lipinski definition) is 4. The summed E-state index contributed by atoms with van der Waals surface area (Å²) in [4.78, 5) is 14.7. The maximum atomic E-state index is 10.9. The quantitative estimate of drug-likeness (QED) is 0.545. The molecule has 0 aliphatic carbocycles. The molecule has 0 spiro atoms. The number of ether oxygens (including phenoxy) is 1. The van der Waals surface area contributed by atoms with Gasteiger partial charge in [0.1, 0.15) is 0 Å². The highest BCUT2D eigenvalue weighted by molar-refractivity contribution is 6.09. The Bertz CT molecular complexity index is 241. The van der Waals surface area contributed by atoms with Crippen molar-refractivity contribution in [3.05, 3.63) is 24.2 Å². The first-order valence-electron chi connectivity index (χ1n) is 3.07. The van der Waals surface area contributed by atoms with E-state index in [1.807, 2.05) is 0 Å². The van der Waals surface area contributed by atoms with Crippen molar-refractivity contribution in [2.45, 2.75) is 0 Å². The van der Waals surface area contributed by atoms with Gasteiger partial charge < -0.3 is 10.1 Å². The van der Waals surface area contributed by atoms with Crippen LogP contribution in [0.5, 0.6) is 0 Å². The molecule has 1 aliphatic heterocycles. The van der Waals surface area contributed by atoms with Crippen molar-refractivity contribution in [3.8, 4) is 0 Å². The van der Waals surface area contributed by atoms with Crippen LogP contribution < -0.4 is 5.32 Å². The summed E-state index contributed by atoms with van der Waals surface area (Å²) in [5.74, 6) is -0.398. The Kier molecular flexibility index (Phi) is 2.43. The third-order valence-electron chi connectivity index (χ3n) is 1.13. The summed E-state index contributed by atoms with van der Waals surface area (Å²) in [5, 5.41) is 2.74. The normalized spacial score (nSPS) is 14.8. The summed E-state index contributed by atoms with van der Waals surface area (Å²) < 4.78 is 4.48. The number of nitrogens with one attached hydrogen (secondary N) is 1. The maximum absolute atomic E-state index is 10.9. The SMILES string of the molecule is COC(=O)C1=CNC=CN=C1. The minimum Gasteiger partial charge on any atom is -0.465 e. The van der Waals surface area contributed by atoms with Crippen LogP contribution in [0.3, 0.4) is 0 Å². The Labute approximate surface area is 64.3 Å².